The van der Waals surface area contributed by atoms with E-state index in [0.717, 1.165) is 11.3 Å². The molecule has 6 nitrogen and oxygen atoms in total. The normalized spacial score (nSPS) is 9.70. The van der Waals surface area contributed by atoms with E-state index >= 15 is 0 Å². The molecular weight excluding hydrogens is 372 g/mol. The largest absolute Gasteiger partial charge is 0.493 e. The summed E-state index contributed by atoms with van der Waals surface area (Å²) in [6.07, 6.45) is 0.679. The van der Waals surface area contributed by atoms with Crippen LogP contribution in [0.15, 0.2) is 48.5 Å². The van der Waals surface area contributed by atoms with Crippen LogP contribution in [-0.2, 0) is 9.59 Å². The highest BCUT2D eigenvalue weighted by atomic mass is 35.5. The maximum atomic E-state index is 10.2. The van der Waals surface area contributed by atoms with E-state index in [1.165, 1.54) is 0 Å². The van der Waals surface area contributed by atoms with Gasteiger partial charge in [0, 0.05) is 11.4 Å². The monoisotopic (exact) mass is 394 g/mol. The molecular formula is C20H23ClO6. The Morgan fingerprint density at radius 1 is 0.926 bits per heavy atom. The number of halogens is 1. The second kappa shape index (κ2) is 12.6. The van der Waals surface area contributed by atoms with E-state index in [9.17, 15) is 9.59 Å². The topological polar surface area (TPSA) is 93.1 Å². The van der Waals surface area contributed by atoms with Gasteiger partial charge in [-0.15, -0.1) is 0 Å². The molecule has 0 aliphatic heterocycles. The van der Waals surface area contributed by atoms with Gasteiger partial charge >= 0.3 is 11.9 Å². The molecule has 0 heterocycles. The van der Waals surface area contributed by atoms with Crippen molar-refractivity contribution in [2.45, 2.75) is 26.2 Å². The smallest absolute Gasteiger partial charge is 0.306 e. The number of para-hydroxylation sites is 1. The summed E-state index contributed by atoms with van der Waals surface area (Å²) in [5.74, 6) is -0.180. The number of aryl methyl sites for hydroxylation is 1. The second-order valence-corrected chi connectivity index (χ2v) is 6.00. The Morgan fingerprint density at radius 3 is 2.19 bits per heavy atom. The SMILES string of the molecule is Cc1cc(Cl)ccc1OCCCC(=O)O.O=C(O)CCOc1ccccc1. The van der Waals surface area contributed by atoms with Crippen LogP contribution in [0.2, 0.25) is 5.02 Å². The predicted molar refractivity (Wildman–Crippen MR) is 103 cm³/mol. The average Bonchev–Trinajstić information content (AvgIpc) is 2.61. The Morgan fingerprint density at radius 2 is 1.59 bits per heavy atom. The molecule has 0 saturated heterocycles. The summed E-state index contributed by atoms with van der Waals surface area (Å²) in [5, 5.41) is 17.4. The van der Waals surface area contributed by atoms with Gasteiger partial charge in [-0.05, 0) is 49.2 Å². The van der Waals surface area contributed by atoms with Gasteiger partial charge in [0.05, 0.1) is 19.6 Å². The lowest BCUT2D eigenvalue weighted by atomic mass is 10.2. The van der Waals surface area contributed by atoms with Crippen molar-refractivity contribution < 1.29 is 29.3 Å². The van der Waals surface area contributed by atoms with E-state index < -0.39 is 11.9 Å². The number of ether oxygens (including phenoxy) is 2. The molecule has 0 aliphatic rings. The number of carboxylic acids is 2. The van der Waals surface area contributed by atoms with Crippen molar-refractivity contribution in [3.63, 3.8) is 0 Å². The van der Waals surface area contributed by atoms with Crippen LogP contribution in [-0.4, -0.2) is 35.4 Å². The molecule has 0 aliphatic carbocycles. The lowest BCUT2D eigenvalue weighted by Gasteiger charge is -2.08. The number of carbonyl (C=O) groups is 2. The van der Waals surface area contributed by atoms with Crippen molar-refractivity contribution in [2.75, 3.05) is 13.2 Å². The molecule has 7 heteroatoms. The molecule has 146 valence electrons. The maximum absolute atomic E-state index is 10.2. The zero-order valence-electron chi connectivity index (χ0n) is 15.1. The molecule has 0 unspecified atom stereocenters. The minimum Gasteiger partial charge on any atom is -0.493 e. The summed E-state index contributed by atoms with van der Waals surface area (Å²) in [6.45, 7) is 2.53. The lowest BCUT2D eigenvalue weighted by Crippen LogP contribution is -2.04. The number of benzene rings is 2. The van der Waals surface area contributed by atoms with E-state index in [4.69, 9.17) is 31.3 Å². The first-order valence-corrected chi connectivity index (χ1v) is 8.76. The second-order valence-electron chi connectivity index (χ2n) is 5.56. The standard InChI is InChI=1S/C11H13ClO3.C9H10O3/c1-8-7-9(12)4-5-10(8)15-6-2-3-11(13)14;10-9(11)6-7-12-8-4-2-1-3-5-8/h4-5,7H,2-3,6H2,1H3,(H,13,14);1-5H,6-7H2,(H,10,11). The number of hydrogen-bond donors (Lipinski definition) is 2. The third kappa shape index (κ3) is 10.8. The van der Waals surface area contributed by atoms with Gasteiger partial charge in [0.2, 0.25) is 0 Å². The van der Waals surface area contributed by atoms with Crippen molar-refractivity contribution in [2.24, 2.45) is 0 Å². The molecule has 0 radical (unpaired) electrons. The van der Waals surface area contributed by atoms with Crippen molar-refractivity contribution in [1.82, 2.24) is 0 Å². The van der Waals surface area contributed by atoms with Crippen molar-refractivity contribution in [3.05, 3.63) is 59.1 Å². The first kappa shape index (κ1) is 22.3. The fraction of sp³-hybridized carbons (Fsp3) is 0.300. The first-order valence-electron chi connectivity index (χ1n) is 8.39. The van der Waals surface area contributed by atoms with E-state index in [-0.39, 0.29) is 19.4 Å². The molecule has 2 N–H and O–H groups in total. The van der Waals surface area contributed by atoms with E-state index in [1.807, 2.05) is 31.2 Å². The Balaban J connectivity index is 0.000000277. The van der Waals surface area contributed by atoms with Crippen LogP contribution < -0.4 is 9.47 Å². The van der Waals surface area contributed by atoms with E-state index in [2.05, 4.69) is 0 Å². The minimum absolute atomic E-state index is 0.0366. The van der Waals surface area contributed by atoms with Gasteiger partial charge in [-0.2, -0.15) is 0 Å². The molecule has 0 bridgehead atoms. The van der Waals surface area contributed by atoms with Crippen LogP contribution in [0.25, 0.3) is 0 Å². The molecule has 0 atom stereocenters. The molecule has 0 amide bonds. The zero-order valence-corrected chi connectivity index (χ0v) is 15.8. The highest BCUT2D eigenvalue weighted by Gasteiger charge is 2.01. The molecule has 0 fully saturated rings. The molecule has 0 aromatic heterocycles. The van der Waals surface area contributed by atoms with Crippen molar-refractivity contribution in [1.29, 1.82) is 0 Å². The van der Waals surface area contributed by atoms with Crippen LogP contribution in [0.1, 0.15) is 24.8 Å². The summed E-state index contributed by atoms with van der Waals surface area (Å²) in [5.41, 5.74) is 0.956. The highest BCUT2D eigenvalue weighted by Crippen LogP contribution is 2.21. The van der Waals surface area contributed by atoms with Crippen LogP contribution in [0, 0.1) is 6.92 Å². The first-order chi connectivity index (χ1) is 12.9. The highest BCUT2D eigenvalue weighted by molar-refractivity contribution is 6.30. The number of aliphatic carboxylic acids is 2. The Labute approximate surface area is 163 Å². The summed E-state index contributed by atoms with van der Waals surface area (Å²) < 4.78 is 10.6. The third-order valence-corrected chi connectivity index (χ3v) is 3.49. The summed E-state index contributed by atoms with van der Waals surface area (Å²) in [4.78, 5) is 20.4. The molecule has 0 spiro atoms. The third-order valence-electron chi connectivity index (χ3n) is 3.26. The summed E-state index contributed by atoms with van der Waals surface area (Å²) in [7, 11) is 0. The van der Waals surface area contributed by atoms with Crippen LogP contribution in [0.3, 0.4) is 0 Å². The Kier molecular flexibility index (Phi) is 10.4. The Bertz CT molecular complexity index is 718. The van der Waals surface area contributed by atoms with Crippen molar-refractivity contribution >= 4 is 23.5 Å². The average molecular weight is 395 g/mol. The molecule has 2 rings (SSSR count). The van der Waals surface area contributed by atoms with Gasteiger partial charge in [-0.3, -0.25) is 9.59 Å². The minimum atomic E-state index is -0.842. The predicted octanol–water partition coefficient (Wildman–Crippen LogP) is 4.43. The van der Waals surface area contributed by atoms with Gasteiger partial charge in [0.25, 0.3) is 0 Å². The van der Waals surface area contributed by atoms with E-state index in [1.54, 1.807) is 24.3 Å². The number of rotatable bonds is 9. The Hall–Kier alpha value is -2.73. The maximum Gasteiger partial charge on any atom is 0.306 e. The summed E-state index contributed by atoms with van der Waals surface area (Å²) in [6, 6.07) is 14.5. The van der Waals surface area contributed by atoms with Crippen LogP contribution in [0.4, 0.5) is 0 Å². The molecule has 2 aromatic carbocycles. The summed E-state index contributed by atoms with van der Waals surface area (Å²) >= 11 is 5.79. The number of carboxylic acid groups (broad SMARTS) is 2. The van der Waals surface area contributed by atoms with Crippen molar-refractivity contribution in [3.8, 4) is 11.5 Å². The van der Waals surface area contributed by atoms with Gasteiger partial charge in [0.15, 0.2) is 0 Å². The van der Waals surface area contributed by atoms with Gasteiger partial charge in [-0.25, -0.2) is 0 Å². The molecule has 2 aromatic rings. The van der Waals surface area contributed by atoms with Gasteiger partial charge in [0.1, 0.15) is 11.5 Å². The quantitative estimate of drug-likeness (QED) is 0.611. The zero-order chi connectivity index (χ0) is 20.1. The van der Waals surface area contributed by atoms with Crippen LogP contribution >= 0.6 is 11.6 Å². The fourth-order valence-corrected chi connectivity index (χ4v) is 2.18. The fourth-order valence-electron chi connectivity index (χ4n) is 1.95. The van der Waals surface area contributed by atoms with E-state index in [0.29, 0.717) is 23.8 Å². The molecule has 0 saturated carbocycles. The number of hydrogen-bond acceptors (Lipinski definition) is 4. The van der Waals surface area contributed by atoms with Crippen LogP contribution in [0.5, 0.6) is 11.5 Å². The lowest BCUT2D eigenvalue weighted by molar-refractivity contribution is -0.138. The van der Waals surface area contributed by atoms with Gasteiger partial charge < -0.3 is 19.7 Å². The van der Waals surface area contributed by atoms with Gasteiger partial charge in [-0.1, -0.05) is 29.8 Å². The molecule has 27 heavy (non-hydrogen) atoms.